The first-order chi connectivity index (χ1) is 48.9. The minimum absolute atomic E-state index is 0.0582. The van der Waals surface area contributed by atoms with E-state index in [-0.39, 0.29) is 10.8 Å². The molecule has 0 saturated heterocycles. The van der Waals surface area contributed by atoms with Crippen molar-refractivity contribution in [3.63, 3.8) is 0 Å². The molecule has 0 fully saturated rings. The number of hydrogen-bond acceptors (Lipinski definition) is 3. The van der Waals surface area contributed by atoms with Crippen molar-refractivity contribution in [2.45, 2.75) is 57.8 Å². The lowest BCUT2D eigenvalue weighted by Gasteiger charge is -2.45. The zero-order chi connectivity index (χ0) is 67.2. The van der Waals surface area contributed by atoms with Crippen molar-refractivity contribution in [3.05, 3.63) is 367 Å². The summed E-state index contributed by atoms with van der Waals surface area (Å²) in [6.45, 7) is 13.8. The highest BCUT2D eigenvalue weighted by Crippen LogP contribution is 2.67. The maximum Gasteiger partial charge on any atom is 0.0756 e. The van der Waals surface area contributed by atoms with E-state index in [4.69, 9.17) is 0 Å². The Hall–Kier alpha value is -12.2. The number of aromatic nitrogens is 2. The lowest BCUT2D eigenvalue weighted by atomic mass is 9.64. The Morgan fingerprint density at radius 2 is 0.600 bits per heavy atom. The normalized spacial score (nSPS) is 13.2. The summed E-state index contributed by atoms with van der Waals surface area (Å²) in [5.41, 5.74) is 25.7. The molecule has 3 heterocycles. The largest absolute Gasteiger partial charge is 0.310 e. The molecule has 0 unspecified atom stereocenters. The van der Waals surface area contributed by atoms with Crippen molar-refractivity contribution < 1.29 is 0 Å². The highest BCUT2D eigenvalue weighted by Gasteiger charge is 2.54. The second-order valence-electron chi connectivity index (χ2n) is 29.2. The molecule has 19 rings (SSSR count). The van der Waals surface area contributed by atoms with Gasteiger partial charge in [-0.05, 0) is 194 Å². The van der Waals surface area contributed by atoms with E-state index >= 15 is 0 Å². The third kappa shape index (κ3) is 8.87. The summed E-state index contributed by atoms with van der Waals surface area (Å²) >= 11 is 0. The average molecular weight is 1280 g/mol. The van der Waals surface area contributed by atoms with Crippen LogP contribution in [-0.4, -0.2) is 9.13 Å². The van der Waals surface area contributed by atoms with E-state index in [9.17, 15) is 0 Å². The van der Waals surface area contributed by atoms with Crippen LogP contribution in [0.4, 0.5) is 51.2 Å². The van der Waals surface area contributed by atoms with Gasteiger partial charge in [-0.1, -0.05) is 248 Å². The first-order valence-electron chi connectivity index (χ1n) is 35.1. The summed E-state index contributed by atoms with van der Waals surface area (Å²) in [7, 11) is 0. The standard InChI is InChI=1S/C95H73N5/c1-93(2,3)62-46-50-67(51-47-62)96(69-55-57-85-78(58-69)74-37-21-25-43-84(74)98(85)64-28-10-7-11-29-64)89-60-81-91(76-38-18-16-35-72(76)89)92-77-39-19-17-36-73(77)90(61-82(92)95(81)79-40-22-26-44-86(79)100(66-32-14-9-15-33-66)87-45-27-23-41-80(87)95)97(68-52-48-63(49-53-68)94(4,5)6)70-54-56-75-71-34-20-24-42-83(71)99(88(75)59-70)65-30-12-8-13-31-65/h7-61H,1-6H3. The highest BCUT2D eigenvalue weighted by atomic mass is 15.2. The molecule has 0 N–H and O–H groups in total. The zero-order valence-electron chi connectivity index (χ0n) is 57.0. The van der Waals surface area contributed by atoms with E-state index in [1.807, 2.05) is 0 Å². The molecule has 17 aromatic rings. The second-order valence-corrected chi connectivity index (χ2v) is 29.2. The van der Waals surface area contributed by atoms with Crippen LogP contribution in [0.5, 0.6) is 0 Å². The summed E-state index contributed by atoms with van der Waals surface area (Å²) in [5.74, 6) is 0. The van der Waals surface area contributed by atoms with Gasteiger partial charge in [0.25, 0.3) is 0 Å². The molecule has 1 spiro atoms. The van der Waals surface area contributed by atoms with Crippen molar-refractivity contribution in [2.24, 2.45) is 0 Å². The van der Waals surface area contributed by atoms with Crippen molar-refractivity contribution in [1.29, 1.82) is 0 Å². The average Bonchev–Trinajstić information content (AvgIpc) is 1.46. The predicted molar refractivity (Wildman–Crippen MR) is 422 cm³/mol. The van der Waals surface area contributed by atoms with Gasteiger partial charge >= 0.3 is 0 Å². The molecule has 1 aliphatic carbocycles. The van der Waals surface area contributed by atoms with Gasteiger partial charge < -0.3 is 23.8 Å². The fraction of sp³-hybridized carbons (Fsp3) is 0.0947. The molecule has 0 radical (unpaired) electrons. The highest BCUT2D eigenvalue weighted by molar-refractivity contribution is 6.20. The molecule has 15 aromatic carbocycles. The van der Waals surface area contributed by atoms with Crippen molar-refractivity contribution in [2.75, 3.05) is 14.7 Å². The van der Waals surface area contributed by atoms with E-state index in [1.54, 1.807) is 0 Å². The molecule has 0 bridgehead atoms. The van der Waals surface area contributed by atoms with Gasteiger partial charge in [-0.15, -0.1) is 0 Å². The number of fused-ring (bicyclic) bond motifs is 19. The fourth-order valence-corrected chi connectivity index (χ4v) is 17.0. The third-order valence-corrected chi connectivity index (χ3v) is 21.5. The minimum Gasteiger partial charge on any atom is -0.310 e. The van der Waals surface area contributed by atoms with Crippen LogP contribution in [0.25, 0.3) is 87.7 Å². The molecule has 0 saturated carbocycles. The molecule has 0 atom stereocenters. The molecule has 0 amide bonds. The van der Waals surface area contributed by atoms with Gasteiger partial charge in [0.05, 0.1) is 50.2 Å². The Bertz CT molecular complexity index is 6060. The molecule has 1 aliphatic heterocycles. The Balaban J connectivity index is 0.943. The van der Waals surface area contributed by atoms with Crippen LogP contribution in [0.1, 0.15) is 74.9 Å². The Morgan fingerprint density at radius 1 is 0.250 bits per heavy atom. The van der Waals surface area contributed by atoms with Crippen molar-refractivity contribution >= 4 is 116 Å². The first-order valence-corrected chi connectivity index (χ1v) is 35.1. The van der Waals surface area contributed by atoms with E-state index in [0.717, 1.165) is 84.4 Å². The summed E-state index contributed by atoms with van der Waals surface area (Å²) in [6, 6.07) is 126. The van der Waals surface area contributed by atoms with Gasteiger partial charge in [0.1, 0.15) is 0 Å². The van der Waals surface area contributed by atoms with Gasteiger partial charge in [0.2, 0.25) is 0 Å². The van der Waals surface area contributed by atoms with Crippen LogP contribution in [-0.2, 0) is 16.2 Å². The van der Waals surface area contributed by atoms with E-state index in [2.05, 4.69) is 399 Å². The van der Waals surface area contributed by atoms with Crippen LogP contribution >= 0.6 is 0 Å². The van der Waals surface area contributed by atoms with Gasteiger partial charge in [0, 0.05) is 72.1 Å². The number of para-hydroxylation sites is 7. The van der Waals surface area contributed by atoms with E-state index in [0.29, 0.717) is 0 Å². The van der Waals surface area contributed by atoms with Crippen LogP contribution in [0.2, 0.25) is 0 Å². The maximum atomic E-state index is 2.62. The van der Waals surface area contributed by atoms with Crippen LogP contribution in [0, 0.1) is 0 Å². The molecular weight excluding hydrogens is 1210 g/mol. The molecule has 2 aromatic heterocycles. The maximum absolute atomic E-state index is 2.62. The topological polar surface area (TPSA) is 19.6 Å². The van der Waals surface area contributed by atoms with Crippen LogP contribution in [0.15, 0.2) is 334 Å². The third-order valence-electron chi connectivity index (χ3n) is 21.5. The SMILES string of the molecule is CC(C)(C)c1ccc(N(c2ccc3c(c2)c2ccccc2n3-c2ccccc2)c2cc3c(c4ccccc24)-c2c(cc(N(c4ccc(C(C)(C)C)cc4)c4ccc5c6ccccc6n(-c6ccccc6)c5c4)c4ccccc24)C32c3ccccc3N(c3ccccc3)c3ccccc32)cc1. The second kappa shape index (κ2) is 22.4. The lowest BCUT2D eigenvalue weighted by Crippen LogP contribution is -2.36. The summed E-state index contributed by atoms with van der Waals surface area (Å²) in [6.07, 6.45) is 0. The van der Waals surface area contributed by atoms with Crippen LogP contribution < -0.4 is 14.7 Å². The Labute approximate surface area is 583 Å². The van der Waals surface area contributed by atoms with Gasteiger partial charge in [-0.2, -0.15) is 0 Å². The van der Waals surface area contributed by atoms with E-state index in [1.165, 1.54) is 87.9 Å². The predicted octanol–water partition coefficient (Wildman–Crippen LogP) is 25.9. The summed E-state index contributed by atoms with van der Waals surface area (Å²) in [4.78, 5) is 7.63. The summed E-state index contributed by atoms with van der Waals surface area (Å²) in [5, 5.41) is 9.53. The molecule has 2 aliphatic rings. The first kappa shape index (κ1) is 59.1. The monoisotopic (exact) mass is 1280 g/mol. The van der Waals surface area contributed by atoms with Gasteiger partial charge in [-0.25, -0.2) is 0 Å². The number of nitrogens with zero attached hydrogens (tertiary/aromatic N) is 5. The number of benzene rings is 15. The van der Waals surface area contributed by atoms with Gasteiger partial charge in [0.15, 0.2) is 0 Å². The molecule has 5 nitrogen and oxygen atoms in total. The summed E-state index contributed by atoms with van der Waals surface area (Å²) < 4.78 is 4.87. The van der Waals surface area contributed by atoms with Gasteiger partial charge in [-0.3, -0.25) is 0 Å². The number of hydrogen-bond donors (Lipinski definition) is 0. The molecule has 100 heavy (non-hydrogen) atoms. The quantitative estimate of drug-likeness (QED) is 0.144. The smallest absolute Gasteiger partial charge is 0.0756 e. The lowest BCUT2D eigenvalue weighted by molar-refractivity contribution is 0.590. The van der Waals surface area contributed by atoms with E-state index < -0.39 is 5.41 Å². The molecular formula is C95H73N5. The fourth-order valence-electron chi connectivity index (χ4n) is 17.0. The Kier molecular flexibility index (Phi) is 13.3. The van der Waals surface area contributed by atoms with Crippen LogP contribution in [0.3, 0.4) is 0 Å². The number of rotatable bonds is 9. The Morgan fingerprint density at radius 3 is 1.08 bits per heavy atom. The van der Waals surface area contributed by atoms with Crippen molar-refractivity contribution in [3.8, 4) is 22.5 Å². The van der Waals surface area contributed by atoms with Crippen molar-refractivity contribution in [1.82, 2.24) is 9.13 Å². The number of anilines is 9. The molecule has 478 valence electrons. The molecule has 5 heteroatoms. The minimum atomic E-state index is -0.902. The zero-order valence-corrected chi connectivity index (χ0v) is 57.0.